The van der Waals surface area contributed by atoms with Crippen LogP contribution in [0.25, 0.3) is 0 Å². The van der Waals surface area contributed by atoms with Gasteiger partial charge in [-0.3, -0.25) is 0 Å². The Hall–Kier alpha value is 0.437. The van der Waals surface area contributed by atoms with Crippen molar-refractivity contribution >= 4 is 27.8 Å². The van der Waals surface area contributed by atoms with Crippen LogP contribution in [0.15, 0.2) is 0 Å². The van der Waals surface area contributed by atoms with Crippen LogP contribution < -0.4 is 0 Å². The van der Waals surface area contributed by atoms with E-state index in [1.54, 1.807) is 0 Å². The van der Waals surface area contributed by atoms with Crippen LogP contribution in [0, 0.1) is 0 Å². The van der Waals surface area contributed by atoms with Crippen molar-refractivity contribution in [1.29, 1.82) is 0 Å². The summed E-state index contributed by atoms with van der Waals surface area (Å²) in [5.74, 6) is 0. The normalized spacial score (nSPS) is 16.6. The zero-order valence-corrected chi connectivity index (χ0v) is 4.44. The number of hydrogen-bond donors (Lipinski definition) is 1. The van der Waals surface area contributed by atoms with Gasteiger partial charge in [-0.25, -0.2) is 0 Å². The molecule has 7 heavy (non-hydrogen) atoms. The monoisotopic (exact) mass is 120 g/mol. The molecule has 1 N–H and O–H groups in total. The predicted molar refractivity (Wildman–Crippen MR) is 22.2 cm³/mol. The Morgan fingerprint density at radius 1 is 1.71 bits per heavy atom. The maximum absolute atomic E-state index is 11.4. The molecule has 0 aliphatic heterocycles. The Morgan fingerprint density at radius 3 is 1.86 bits per heavy atom. The molecule has 0 aromatic heterocycles. The van der Waals surface area contributed by atoms with Crippen LogP contribution in [-0.2, 0) is 10.1 Å². The summed E-state index contributed by atoms with van der Waals surface area (Å²) < 4.78 is 35.9. The Kier molecular flexibility index (Phi) is 2.27. The third-order valence-corrected chi connectivity index (χ3v) is 1.23. The van der Waals surface area contributed by atoms with Crippen LogP contribution in [0.2, 0.25) is 0 Å². The van der Waals surface area contributed by atoms with Gasteiger partial charge in [0.15, 0.2) is 0 Å². The third-order valence-electron chi connectivity index (χ3n) is 0.410. The first kappa shape index (κ1) is 7.44. The third kappa shape index (κ3) is 3.06. The summed E-state index contributed by atoms with van der Waals surface area (Å²) in [6.45, 7) is 0. The molecule has 0 fully saturated rings. The molecule has 0 spiro atoms. The van der Waals surface area contributed by atoms with Crippen molar-refractivity contribution in [2.75, 3.05) is 0 Å². The van der Waals surface area contributed by atoms with E-state index in [2.05, 4.69) is 0 Å². The van der Waals surface area contributed by atoms with Gasteiger partial charge in [0.2, 0.25) is 0 Å². The van der Waals surface area contributed by atoms with E-state index in [1.165, 1.54) is 0 Å². The molecule has 0 aliphatic carbocycles. The topological polar surface area (TPSA) is 54.4 Å². The van der Waals surface area contributed by atoms with E-state index in [9.17, 15) is 12.8 Å². The van der Waals surface area contributed by atoms with Gasteiger partial charge in [0.1, 0.15) is 0 Å². The van der Waals surface area contributed by atoms with Gasteiger partial charge in [-0.2, -0.15) is 0 Å². The number of hydrogen-bond acceptors (Lipinski definition) is 2. The van der Waals surface area contributed by atoms with Crippen molar-refractivity contribution in [2.24, 2.45) is 0 Å². The van der Waals surface area contributed by atoms with Crippen molar-refractivity contribution in [3.63, 3.8) is 0 Å². The molecule has 0 saturated heterocycles. The standard InChI is InChI=1S/CH2FO3S.Li/c2-1-6(3,4)5;/h1H,(H,3,4,5);. The van der Waals surface area contributed by atoms with Crippen molar-refractivity contribution < 1.29 is 17.4 Å². The fourth-order valence-electron chi connectivity index (χ4n) is 0. The molecule has 3 nitrogen and oxygen atoms in total. The molecule has 0 heterocycles. The average molecular weight is 120 g/mol. The summed E-state index contributed by atoms with van der Waals surface area (Å²) in [4.78, 5) is 0. The van der Waals surface area contributed by atoms with Crippen molar-refractivity contribution in [1.82, 2.24) is 0 Å². The Morgan fingerprint density at radius 2 is 1.86 bits per heavy atom. The number of rotatable bonds is 1. The van der Waals surface area contributed by atoms with E-state index in [0.29, 0.717) is 0 Å². The maximum atomic E-state index is 11.4. The van der Waals surface area contributed by atoms with Gasteiger partial charge in [-0.05, 0) is 0 Å². The molecule has 0 radical (unpaired) electrons. The van der Waals surface area contributed by atoms with E-state index in [4.69, 9.17) is 4.55 Å². The molecule has 0 aromatic carbocycles. The van der Waals surface area contributed by atoms with Crippen LogP contribution in [0.3, 0.4) is 0 Å². The van der Waals surface area contributed by atoms with E-state index >= 15 is 0 Å². The predicted octanol–water partition coefficient (Wildman–Crippen LogP) is -0.704. The molecular weight excluding hydrogens is 118 g/mol. The quantitative estimate of drug-likeness (QED) is 0.367. The van der Waals surface area contributed by atoms with Crippen molar-refractivity contribution in [3.8, 4) is 0 Å². The Labute approximate surface area is 49.9 Å². The van der Waals surface area contributed by atoms with E-state index < -0.39 is 14.3 Å². The molecule has 1 unspecified atom stereocenters. The van der Waals surface area contributed by atoms with Gasteiger partial charge in [-0.15, -0.1) is 0 Å². The van der Waals surface area contributed by atoms with Crippen LogP contribution in [0.5, 0.6) is 0 Å². The average Bonchev–Trinajstić information content (AvgIpc) is 1.31. The van der Waals surface area contributed by atoms with Gasteiger partial charge in [0, 0.05) is 0 Å². The van der Waals surface area contributed by atoms with Crippen molar-refractivity contribution in [2.45, 2.75) is 4.18 Å². The molecule has 0 aromatic rings. The molecule has 0 saturated carbocycles. The fraction of sp³-hybridized carbons (Fsp3) is 1.00. The first-order valence-corrected chi connectivity index (χ1v) is 3.05. The van der Waals surface area contributed by atoms with E-state index in [0.717, 1.165) is 17.7 Å². The van der Waals surface area contributed by atoms with Crippen molar-refractivity contribution in [3.05, 3.63) is 0 Å². The summed E-state index contributed by atoms with van der Waals surface area (Å²) in [7, 11) is -4.41. The Bertz CT molecular complexity index is 137. The Balaban J connectivity index is 4.10. The summed E-state index contributed by atoms with van der Waals surface area (Å²) >= 11 is 0.745. The molecule has 0 aliphatic rings. The number of halogens is 1. The van der Waals surface area contributed by atoms with Crippen LogP contribution in [-0.4, -0.2) is 34.9 Å². The van der Waals surface area contributed by atoms with Crippen LogP contribution in [0.1, 0.15) is 0 Å². The van der Waals surface area contributed by atoms with E-state index in [-0.39, 0.29) is 0 Å². The number of alkyl halides is 1. The zero-order valence-electron chi connectivity index (χ0n) is 3.63. The summed E-state index contributed by atoms with van der Waals surface area (Å²) in [5, 5.41) is 0. The van der Waals surface area contributed by atoms with Crippen LogP contribution in [0.4, 0.5) is 4.39 Å². The van der Waals surface area contributed by atoms with Gasteiger partial charge in [0.25, 0.3) is 0 Å². The zero-order chi connectivity index (χ0) is 6.08. The molecule has 0 amide bonds. The minimum atomic E-state index is -4.41. The summed E-state index contributed by atoms with van der Waals surface area (Å²) in [6.07, 6.45) is 0. The molecule has 6 heteroatoms. The summed E-state index contributed by atoms with van der Waals surface area (Å²) in [5.41, 5.74) is 0. The molecule has 38 valence electrons. The SMILES string of the molecule is [Li][CH](F)S(=O)(=O)O. The second-order valence-corrected chi connectivity index (χ2v) is 2.74. The first-order chi connectivity index (χ1) is 2.94. The van der Waals surface area contributed by atoms with Crippen LogP contribution >= 0.6 is 0 Å². The van der Waals surface area contributed by atoms with Gasteiger partial charge < -0.3 is 0 Å². The molecule has 1 atom stereocenters. The van der Waals surface area contributed by atoms with Gasteiger partial charge in [0.05, 0.1) is 0 Å². The molecule has 0 rings (SSSR count). The second kappa shape index (κ2) is 2.14. The first-order valence-electron chi connectivity index (χ1n) is 1.55. The fourth-order valence-corrected chi connectivity index (χ4v) is 0. The van der Waals surface area contributed by atoms with E-state index in [1.807, 2.05) is 0 Å². The molecular formula is CH2FLiO3S. The summed E-state index contributed by atoms with van der Waals surface area (Å²) in [6, 6.07) is 0. The van der Waals surface area contributed by atoms with Gasteiger partial charge >= 0.3 is 49.4 Å². The minimum absolute atomic E-state index is 0.745. The molecule has 0 bridgehead atoms. The van der Waals surface area contributed by atoms with Gasteiger partial charge in [-0.1, -0.05) is 0 Å². The second-order valence-electron chi connectivity index (χ2n) is 1.06.